The monoisotopic (exact) mass is 459 g/mol. The Balaban J connectivity index is 1.81. The summed E-state index contributed by atoms with van der Waals surface area (Å²) in [5, 5.41) is 10.9. The van der Waals surface area contributed by atoms with Crippen LogP contribution in [0.2, 0.25) is 0 Å². The summed E-state index contributed by atoms with van der Waals surface area (Å²) >= 11 is 3.39. The van der Waals surface area contributed by atoms with Gasteiger partial charge in [0.05, 0.1) is 17.7 Å². The second-order valence-corrected chi connectivity index (χ2v) is 8.06. The van der Waals surface area contributed by atoms with E-state index in [0.29, 0.717) is 12.2 Å². The summed E-state index contributed by atoms with van der Waals surface area (Å²) in [6.07, 6.45) is 1.58. The number of benzene rings is 2. The lowest BCUT2D eigenvalue weighted by Gasteiger charge is -2.27. The van der Waals surface area contributed by atoms with Crippen molar-refractivity contribution in [1.29, 1.82) is 0 Å². The van der Waals surface area contributed by atoms with E-state index in [1.165, 1.54) is 29.2 Å². The lowest BCUT2D eigenvalue weighted by molar-refractivity contribution is -0.140. The number of aliphatic hydroxyl groups is 1. The molecule has 2 aromatic rings. The summed E-state index contributed by atoms with van der Waals surface area (Å²) in [5.41, 5.74) is 0.986. The van der Waals surface area contributed by atoms with Gasteiger partial charge in [0.15, 0.2) is 0 Å². The zero-order chi connectivity index (χ0) is 20.5. The normalized spacial score (nSPS) is 23.7. The molecule has 2 saturated heterocycles. The van der Waals surface area contributed by atoms with Gasteiger partial charge in [0, 0.05) is 23.2 Å². The van der Waals surface area contributed by atoms with Crippen LogP contribution >= 0.6 is 15.9 Å². The molecular weight excluding hydrogens is 441 g/mol. The molecular formula is C22H19BrFNO4. The maximum atomic E-state index is 13.3. The van der Waals surface area contributed by atoms with Crippen molar-refractivity contribution in [2.24, 2.45) is 0 Å². The number of ether oxygens (including phenoxy) is 1. The summed E-state index contributed by atoms with van der Waals surface area (Å²) in [7, 11) is 0. The minimum Gasteiger partial charge on any atom is -0.507 e. The molecule has 0 saturated carbocycles. The van der Waals surface area contributed by atoms with Crippen LogP contribution in [0.25, 0.3) is 5.76 Å². The van der Waals surface area contributed by atoms with Gasteiger partial charge in [0.1, 0.15) is 11.6 Å². The smallest absolute Gasteiger partial charge is 0.295 e. The van der Waals surface area contributed by atoms with Crippen molar-refractivity contribution < 1.29 is 23.8 Å². The molecule has 0 radical (unpaired) electrons. The van der Waals surface area contributed by atoms with E-state index in [4.69, 9.17) is 4.74 Å². The first-order valence-electron chi connectivity index (χ1n) is 9.37. The Morgan fingerprint density at radius 3 is 2.45 bits per heavy atom. The quantitative estimate of drug-likeness (QED) is 0.422. The molecule has 2 unspecified atom stereocenters. The molecule has 0 spiro atoms. The number of carbonyl (C=O) groups excluding carboxylic acids is 2. The summed E-state index contributed by atoms with van der Waals surface area (Å²) in [6.45, 7) is 0.901. The van der Waals surface area contributed by atoms with Crippen LogP contribution in [0.1, 0.15) is 30.0 Å². The Bertz CT molecular complexity index is 965. The maximum absolute atomic E-state index is 13.3. The van der Waals surface area contributed by atoms with Crippen molar-refractivity contribution in [3.05, 3.63) is 75.5 Å². The lowest BCUT2D eigenvalue weighted by atomic mass is 9.95. The number of nitrogens with zero attached hydrogens (tertiary/aromatic N) is 1. The van der Waals surface area contributed by atoms with E-state index >= 15 is 0 Å². The fourth-order valence-corrected chi connectivity index (χ4v) is 4.10. The summed E-state index contributed by atoms with van der Waals surface area (Å²) < 4.78 is 19.8. The second kappa shape index (κ2) is 8.08. The molecule has 0 aliphatic carbocycles. The van der Waals surface area contributed by atoms with Gasteiger partial charge >= 0.3 is 0 Å². The fraction of sp³-hybridized carbons (Fsp3) is 0.273. The first-order chi connectivity index (χ1) is 14.0. The van der Waals surface area contributed by atoms with Crippen molar-refractivity contribution in [3.63, 3.8) is 0 Å². The van der Waals surface area contributed by atoms with Crippen molar-refractivity contribution >= 4 is 33.4 Å². The standard InChI is InChI=1S/C22H19BrFNO4/c23-15-7-3-13(4-8-15)19-18(20(26)14-5-9-16(24)10-6-14)21(27)22(28)25(19)12-17-2-1-11-29-17/h3-10,17,19,26H,1-2,11-12H2. The third-order valence-corrected chi connectivity index (χ3v) is 5.80. The van der Waals surface area contributed by atoms with Gasteiger partial charge < -0.3 is 14.7 Å². The minimum atomic E-state index is -0.752. The molecule has 7 heteroatoms. The summed E-state index contributed by atoms with van der Waals surface area (Å²) in [5.74, 6) is -2.19. The van der Waals surface area contributed by atoms with E-state index in [-0.39, 0.29) is 29.5 Å². The molecule has 5 nitrogen and oxygen atoms in total. The van der Waals surface area contributed by atoms with Crippen LogP contribution in [0.4, 0.5) is 4.39 Å². The number of Topliss-reactive ketones (excluding diaryl/α,β-unsaturated/α-hetero) is 1. The van der Waals surface area contributed by atoms with Gasteiger partial charge in [-0.25, -0.2) is 4.39 Å². The van der Waals surface area contributed by atoms with Gasteiger partial charge in [-0.1, -0.05) is 28.1 Å². The molecule has 2 atom stereocenters. The fourth-order valence-electron chi connectivity index (χ4n) is 3.83. The molecule has 2 aliphatic heterocycles. The van der Waals surface area contributed by atoms with Gasteiger partial charge in [-0.2, -0.15) is 0 Å². The molecule has 1 amide bonds. The van der Waals surface area contributed by atoms with Crippen LogP contribution in [0.3, 0.4) is 0 Å². The number of aliphatic hydroxyl groups excluding tert-OH is 1. The van der Waals surface area contributed by atoms with E-state index in [9.17, 15) is 19.1 Å². The first-order valence-corrected chi connectivity index (χ1v) is 10.2. The predicted octanol–water partition coefficient (Wildman–Crippen LogP) is 4.19. The van der Waals surface area contributed by atoms with E-state index < -0.39 is 23.5 Å². The number of carbonyl (C=O) groups is 2. The minimum absolute atomic E-state index is 0.00178. The van der Waals surface area contributed by atoms with Crippen molar-refractivity contribution in [3.8, 4) is 0 Å². The number of hydrogen-bond donors (Lipinski definition) is 1. The number of likely N-dealkylation sites (tertiary alicyclic amines) is 1. The third-order valence-electron chi connectivity index (χ3n) is 5.27. The zero-order valence-corrected chi connectivity index (χ0v) is 17.1. The first kappa shape index (κ1) is 19.8. The molecule has 1 N–H and O–H groups in total. The van der Waals surface area contributed by atoms with Gasteiger partial charge in [0.25, 0.3) is 11.7 Å². The van der Waals surface area contributed by atoms with Crippen molar-refractivity contribution in [2.75, 3.05) is 13.2 Å². The van der Waals surface area contributed by atoms with Crippen LogP contribution in [-0.2, 0) is 14.3 Å². The van der Waals surface area contributed by atoms with E-state index in [1.54, 1.807) is 12.1 Å². The molecule has 0 aromatic heterocycles. The Morgan fingerprint density at radius 1 is 1.14 bits per heavy atom. The van der Waals surface area contributed by atoms with Crippen LogP contribution in [-0.4, -0.2) is 41.0 Å². The maximum Gasteiger partial charge on any atom is 0.295 e. The van der Waals surface area contributed by atoms with Crippen molar-refractivity contribution in [1.82, 2.24) is 4.90 Å². The Labute approximate surface area is 175 Å². The van der Waals surface area contributed by atoms with Crippen LogP contribution in [0.5, 0.6) is 0 Å². The molecule has 29 heavy (non-hydrogen) atoms. The SMILES string of the molecule is O=C1C(=O)N(CC2CCCO2)C(c2ccc(Br)cc2)C1=C(O)c1ccc(F)cc1. The molecule has 0 bridgehead atoms. The number of hydrogen-bond acceptors (Lipinski definition) is 4. The molecule has 2 aliphatic rings. The average molecular weight is 460 g/mol. The van der Waals surface area contributed by atoms with Gasteiger partial charge in [-0.15, -0.1) is 0 Å². The summed E-state index contributed by atoms with van der Waals surface area (Å²) in [6, 6.07) is 11.7. The highest BCUT2D eigenvalue weighted by Gasteiger charge is 2.47. The number of amides is 1. The zero-order valence-electron chi connectivity index (χ0n) is 15.5. The highest BCUT2D eigenvalue weighted by molar-refractivity contribution is 9.10. The van der Waals surface area contributed by atoms with Gasteiger partial charge in [0.2, 0.25) is 0 Å². The molecule has 2 fully saturated rings. The lowest BCUT2D eigenvalue weighted by Crippen LogP contribution is -2.36. The molecule has 2 aromatic carbocycles. The number of rotatable bonds is 4. The van der Waals surface area contributed by atoms with Crippen LogP contribution in [0.15, 0.2) is 58.6 Å². The molecule has 4 rings (SSSR count). The second-order valence-electron chi connectivity index (χ2n) is 7.14. The molecule has 150 valence electrons. The third kappa shape index (κ3) is 3.84. The number of halogens is 2. The molecule has 2 heterocycles. The number of ketones is 1. The Morgan fingerprint density at radius 2 is 1.83 bits per heavy atom. The van der Waals surface area contributed by atoms with E-state index in [2.05, 4.69) is 15.9 Å². The Kier molecular flexibility index (Phi) is 5.52. The predicted molar refractivity (Wildman–Crippen MR) is 109 cm³/mol. The summed E-state index contributed by atoms with van der Waals surface area (Å²) in [4.78, 5) is 27.2. The van der Waals surface area contributed by atoms with Crippen molar-refractivity contribution in [2.45, 2.75) is 25.0 Å². The van der Waals surface area contributed by atoms with E-state index in [1.807, 2.05) is 12.1 Å². The average Bonchev–Trinajstić information content (AvgIpc) is 3.31. The topological polar surface area (TPSA) is 66.8 Å². The van der Waals surface area contributed by atoms with Crippen LogP contribution < -0.4 is 0 Å². The Hall–Kier alpha value is -2.51. The van der Waals surface area contributed by atoms with Crippen LogP contribution in [0, 0.1) is 5.82 Å². The van der Waals surface area contributed by atoms with Gasteiger partial charge in [-0.05, 0) is 54.8 Å². The highest BCUT2D eigenvalue weighted by atomic mass is 79.9. The largest absolute Gasteiger partial charge is 0.507 e. The highest BCUT2D eigenvalue weighted by Crippen LogP contribution is 2.40. The van der Waals surface area contributed by atoms with Gasteiger partial charge in [-0.3, -0.25) is 9.59 Å². The van der Waals surface area contributed by atoms with E-state index in [0.717, 1.165) is 17.3 Å².